The van der Waals surface area contributed by atoms with E-state index >= 15 is 0 Å². The van der Waals surface area contributed by atoms with Crippen molar-refractivity contribution in [2.45, 2.75) is 26.7 Å². The van der Waals surface area contributed by atoms with Crippen molar-refractivity contribution < 1.29 is 14.7 Å². The highest BCUT2D eigenvalue weighted by molar-refractivity contribution is 7.03. The minimum Gasteiger partial charge on any atom is -0.481 e. The zero-order valence-corrected chi connectivity index (χ0v) is 11.2. The third-order valence-corrected chi connectivity index (χ3v) is 2.92. The Morgan fingerprint density at radius 3 is 2.72 bits per heavy atom. The molecule has 1 rings (SSSR count). The van der Waals surface area contributed by atoms with Crippen molar-refractivity contribution in [1.82, 2.24) is 14.9 Å². The molecule has 1 heterocycles. The maximum Gasteiger partial charge on any atom is 0.303 e. The first kappa shape index (κ1) is 14.6. The number of hydrogen-bond donors (Lipinski definition) is 2. The molecule has 0 radical (unpaired) electrons. The summed E-state index contributed by atoms with van der Waals surface area (Å²) in [7, 11) is 0. The predicted molar refractivity (Wildman–Crippen MR) is 67.4 cm³/mol. The standard InChI is InChI=1S/C11H17N3O3S/c1-7(2)3-8(4-10(15)16)5-12-11(17)9-6-18-14-13-9/h6-8H,3-5H2,1-2H3,(H,12,17)(H,15,16)/t8-/m0/s1. The number of nitrogens with one attached hydrogen (secondary N) is 1. The van der Waals surface area contributed by atoms with Gasteiger partial charge < -0.3 is 10.4 Å². The normalized spacial score (nSPS) is 12.4. The first-order chi connectivity index (χ1) is 8.49. The lowest BCUT2D eigenvalue weighted by Gasteiger charge is -2.17. The van der Waals surface area contributed by atoms with Gasteiger partial charge in [-0.2, -0.15) is 0 Å². The molecule has 0 aliphatic carbocycles. The van der Waals surface area contributed by atoms with Gasteiger partial charge in [0.25, 0.3) is 5.91 Å². The van der Waals surface area contributed by atoms with Crippen molar-refractivity contribution in [3.8, 4) is 0 Å². The van der Waals surface area contributed by atoms with Gasteiger partial charge in [0.1, 0.15) is 0 Å². The Morgan fingerprint density at radius 2 is 2.22 bits per heavy atom. The van der Waals surface area contributed by atoms with Gasteiger partial charge >= 0.3 is 5.97 Å². The molecule has 2 N–H and O–H groups in total. The molecule has 1 amide bonds. The van der Waals surface area contributed by atoms with Gasteiger partial charge in [0, 0.05) is 18.3 Å². The van der Waals surface area contributed by atoms with E-state index in [4.69, 9.17) is 5.11 Å². The van der Waals surface area contributed by atoms with Crippen LogP contribution in [-0.4, -0.2) is 33.1 Å². The van der Waals surface area contributed by atoms with E-state index in [1.165, 1.54) is 0 Å². The molecule has 0 aliphatic rings. The molecule has 0 saturated heterocycles. The average molecular weight is 271 g/mol. The Bertz CT molecular complexity index is 392. The van der Waals surface area contributed by atoms with Gasteiger partial charge in [0.2, 0.25) is 0 Å². The highest BCUT2D eigenvalue weighted by atomic mass is 32.1. The third kappa shape index (κ3) is 5.22. The molecule has 0 spiro atoms. The van der Waals surface area contributed by atoms with Gasteiger partial charge in [-0.25, -0.2) is 0 Å². The van der Waals surface area contributed by atoms with Gasteiger partial charge in [0.15, 0.2) is 5.69 Å². The second-order valence-electron chi connectivity index (χ2n) is 4.59. The highest BCUT2D eigenvalue weighted by Crippen LogP contribution is 2.14. The third-order valence-electron chi connectivity index (χ3n) is 2.41. The van der Waals surface area contributed by atoms with Crippen molar-refractivity contribution >= 4 is 23.4 Å². The fourth-order valence-corrected chi connectivity index (χ4v) is 2.18. The summed E-state index contributed by atoms with van der Waals surface area (Å²) in [4.78, 5) is 22.4. The van der Waals surface area contributed by atoms with E-state index < -0.39 is 5.97 Å². The lowest BCUT2D eigenvalue weighted by Crippen LogP contribution is -2.31. The van der Waals surface area contributed by atoms with Crippen LogP contribution in [0.2, 0.25) is 0 Å². The molecule has 1 aromatic rings. The minimum absolute atomic E-state index is 0.0574. The number of carboxylic acids is 1. The number of amides is 1. The van der Waals surface area contributed by atoms with Crippen LogP contribution in [0.4, 0.5) is 0 Å². The topological polar surface area (TPSA) is 92.2 Å². The molecular formula is C11H17N3O3S. The van der Waals surface area contributed by atoms with Crippen molar-refractivity contribution in [2.75, 3.05) is 6.54 Å². The number of hydrogen-bond acceptors (Lipinski definition) is 5. The molecule has 0 saturated carbocycles. The fraction of sp³-hybridized carbons (Fsp3) is 0.636. The maximum atomic E-state index is 11.6. The van der Waals surface area contributed by atoms with Crippen LogP contribution in [0.1, 0.15) is 37.2 Å². The Kier molecular flexibility index (Phi) is 5.70. The Balaban J connectivity index is 2.45. The largest absolute Gasteiger partial charge is 0.481 e. The first-order valence-electron chi connectivity index (χ1n) is 5.76. The van der Waals surface area contributed by atoms with Crippen molar-refractivity contribution in [3.05, 3.63) is 11.1 Å². The summed E-state index contributed by atoms with van der Waals surface area (Å²) in [5, 5.41) is 16.7. The minimum atomic E-state index is -0.842. The van der Waals surface area contributed by atoms with E-state index in [-0.39, 0.29) is 23.9 Å². The quantitative estimate of drug-likeness (QED) is 0.782. The van der Waals surface area contributed by atoms with Gasteiger partial charge in [0.05, 0.1) is 0 Å². The Morgan fingerprint density at radius 1 is 1.50 bits per heavy atom. The number of nitrogens with zero attached hydrogens (tertiary/aromatic N) is 2. The average Bonchev–Trinajstić information content (AvgIpc) is 2.77. The number of carbonyl (C=O) groups excluding carboxylic acids is 1. The van der Waals surface area contributed by atoms with Crippen molar-refractivity contribution in [3.63, 3.8) is 0 Å². The van der Waals surface area contributed by atoms with E-state index in [9.17, 15) is 9.59 Å². The Labute approximate surface area is 110 Å². The predicted octanol–water partition coefficient (Wildman–Crippen LogP) is 1.40. The SMILES string of the molecule is CC(C)C[C@H](CNC(=O)c1csnn1)CC(=O)O. The summed E-state index contributed by atoms with van der Waals surface area (Å²) in [6.45, 7) is 4.41. The zero-order valence-electron chi connectivity index (χ0n) is 10.4. The van der Waals surface area contributed by atoms with E-state index in [1.807, 2.05) is 13.8 Å². The highest BCUT2D eigenvalue weighted by Gasteiger charge is 2.17. The fourth-order valence-electron chi connectivity index (χ4n) is 1.74. The van der Waals surface area contributed by atoms with Crippen molar-refractivity contribution in [2.24, 2.45) is 11.8 Å². The van der Waals surface area contributed by atoms with E-state index in [2.05, 4.69) is 14.9 Å². The molecule has 6 nitrogen and oxygen atoms in total. The molecule has 18 heavy (non-hydrogen) atoms. The van der Waals surface area contributed by atoms with E-state index in [1.54, 1.807) is 5.38 Å². The van der Waals surface area contributed by atoms with E-state index in [0.29, 0.717) is 12.5 Å². The van der Waals surface area contributed by atoms with Crippen LogP contribution in [0.25, 0.3) is 0 Å². The number of carboxylic acid groups (broad SMARTS) is 1. The molecule has 100 valence electrons. The van der Waals surface area contributed by atoms with Crippen molar-refractivity contribution in [1.29, 1.82) is 0 Å². The molecule has 7 heteroatoms. The monoisotopic (exact) mass is 271 g/mol. The summed E-state index contributed by atoms with van der Waals surface area (Å²) in [5.74, 6) is -0.807. The molecule has 0 aliphatic heterocycles. The van der Waals surface area contributed by atoms with Gasteiger partial charge in [-0.3, -0.25) is 9.59 Å². The summed E-state index contributed by atoms with van der Waals surface area (Å²) < 4.78 is 3.60. The number of aromatic nitrogens is 2. The summed E-state index contributed by atoms with van der Waals surface area (Å²) in [5.41, 5.74) is 0.277. The molecule has 0 unspecified atom stereocenters. The molecule has 1 atom stereocenters. The van der Waals surface area contributed by atoms with E-state index in [0.717, 1.165) is 18.0 Å². The Hall–Kier alpha value is -1.50. The molecule has 0 fully saturated rings. The van der Waals surface area contributed by atoms with Crippen LogP contribution >= 0.6 is 11.5 Å². The lowest BCUT2D eigenvalue weighted by atomic mass is 9.94. The van der Waals surface area contributed by atoms with Crippen LogP contribution in [0.15, 0.2) is 5.38 Å². The van der Waals surface area contributed by atoms with Crippen LogP contribution in [0.3, 0.4) is 0 Å². The maximum absolute atomic E-state index is 11.6. The van der Waals surface area contributed by atoms with Crippen LogP contribution < -0.4 is 5.32 Å². The smallest absolute Gasteiger partial charge is 0.303 e. The van der Waals surface area contributed by atoms with Crippen LogP contribution in [0.5, 0.6) is 0 Å². The molecule has 1 aromatic heterocycles. The lowest BCUT2D eigenvalue weighted by molar-refractivity contribution is -0.138. The van der Waals surface area contributed by atoms with Crippen LogP contribution in [-0.2, 0) is 4.79 Å². The number of rotatable bonds is 7. The molecule has 0 aromatic carbocycles. The second kappa shape index (κ2) is 7.05. The first-order valence-corrected chi connectivity index (χ1v) is 6.59. The summed E-state index contributed by atoms with van der Waals surface area (Å²) in [6.07, 6.45) is 0.829. The molecule has 0 bridgehead atoms. The van der Waals surface area contributed by atoms with Gasteiger partial charge in [-0.15, -0.1) is 5.10 Å². The summed E-state index contributed by atoms with van der Waals surface area (Å²) in [6, 6.07) is 0. The van der Waals surface area contributed by atoms with Gasteiger partial charge in [-0.1, -0.05) is 18.3 Å². The number of aliphatic carboxylic acids is 1. The molecular weight excluding hydrogens is 254 g/mol. The zero-order chi connectivity index (χ0) is 13.5. The second-order valence-corrected chi connectivity index (χ2v) is 5.20. The number of carbonyl (C=O) groups is 2. The van der Waals surface area contributed by atoms with Gasteiger partial charge in [-0.05, 0) is 29.8 Å². The van der Waals surface area contributed by atoms with Crippen LogP contribution in [0, 0.1) is 11.8 Å². The summed E-state index contributed by atoms with van der Waals surface area (Å²) >= 11 is 1.11.